The highest BCUT2D eigenvalue weighted by molar-refractivity contribution is 7.95. The van der Waals surface area contributed by atoms with Crippen LogP contribution < -0.4 is 0 Å². The molecule has 3 heteroatoms. The third kappa shape index (κ3) is 8.27. The Kier molecular flexibility index (Phi) is 7.58. The SMILES string of the molecule is C1CSO1.CCOC(C)C. The summed E-state index contributed by atoms with van der Waals surface area (Å²) >= 11 is 1.54. The van der Waals surface area contributed by atoms with Gasteiger partial charge in [-0.3, -0.25) is 0 Å². The Morgan fingerprint density at radius 2 is 2.00 bits per heavy atom. The minimum Gasteiger partial charge on any atom is -0.379 e. The van der Waals surface area contributed by atoms with E-state index in [0.29, 0.717) is 6.10 Å². The molecule has 0 atom stereocenters. The van der Waals surface area contributed by atoms with Crippen LogP contribution in [0.25, 0.3) is 0 Å². The fraction of sp³-hybridized carbons (Fsp3) is 1.00. The average molecular weight is 164 g/mol. The number of rotatable bonds is 2. The van der Waals surface area contributed by atoms with Crippen LogP contribution in [-0.2, 0) is 8.92 Å². The van der Waals surface area contributed by atoms with Crippen molar-refractivity contribution in [3.05, 3.63) is 0 Å². The van der Waals surface area contributed by atoms with Gasteiger partial charge in [0.05, 0.1) is 12.7 Å². The first-order chi connectivity index (χ1) is 4.77. The van der Waals surface area contributed by atoms with E-state index >= 15 is 0 Å². The Labute approximate surface area is 67.5 Å². The molecule has 1 aliphatic rings. The highest BCUT2D eigenvalue weighted by Gasteiger charge is 1.96. The maximum Gasteiger partial charge on any atom is 0.0726 e. The normalized spacial score (nSPS) is 15.6. The molecule has 0 bridgehead atoms. The van der Waals surface area contributed by atoms with Gasteiger partial charge in [0.15, 0.2) is 0 Å². The molecule has 1 fully saturated rings. The van der Waals surface area contributed by atoms with Crippen LogP contribution in [0.3, 0.4) is 0 Å². The van der Waals surface area contributed by atoms with Crippen molar-refractivity contribution in [1.29, 1.82) is 0 Å². The zero-order valence-corrected chi connectivity index (χ0v) is 7.74. The van der Waals surface area contributed by atoms with Crippen LogP contribution in [0.4, 0.5) is 0 Å². The topological polar surface area (TPSA) is 18.5 Å². The van der Waals surface area contributed by atoms with E-state index in [1.807, 2.05) is 20.8 Å². The van der Waals surface area contributed by atoms with Crippen LogP contribution in [-0.4, -0.2) is 25.1 Å². The zero-order valence-electron chi connectivity index (χ0n) is 6.92. The highest BCUT2D eigenvalue weighted by Crippen LogP contribution is 2.11. The standard InChI is InChI=1S/C5H12O.C2H4OS/c1-4-6-5(2)3;1-2-4-3-1/h5H,4H2,1-3H3;1-2H2. The van der Waals surface area contributed by atoms with Crippen LogP contribution >= 0.6 is 12.0 Å². The van der Waals surface area contributed by atoms with Gasteiger partial charge in [0.1, 0.15) is 0 Å². The minimum absolute atomic E-state index is 0.398. The molecule has 1 aliphatic heterocycles. The highest BCUT2D eigenvalue weighted by atomic mass is 32.2. The molecular weight excluding hydrogens is 148 g/mol. The summed E-state index contributed by atoms with van der Waals surface area (Å²) < 4.78 is 9.68. The van der Waals surface area contributed by atoms with Gasteiger partial charge < -0.3 is 8.92 Å². The molecule has 0 unspecified atom stereocenters. The molecule has 0 aromatic carbocycles. The van der Waals surface area contributed by atoms with Crippen molar-refractivity contribution in [2.24, 2.45) is 0 Å². The van der Waals surface area contributed by atoms with Crippen molar-refractivity contribution in [3.8, 4) is 0 Å². The van der Waals surface area contributed by atoms with Crippen LogP contribution in [0, 0.1) is 0 Å². The lowest BCUT2D eigenvalue weighted by molar-refractivity contribution is 0.0899. The molecule has 0 aliphatic carbocycles. The fourth-order valence-electron chi connectivity index (χ4n) is 0.417. The van der Waals surface area contributed by atoms with Gasteiger partial charge in [0, 0.05) is 12.4 Å². The molecule has 1 rings (SSSR count). The molecule has 0 saturated carbocycles. The van der Waals surface area contributed by atoms with Crippen molar-refractivity contribution in [1.82, 2.24) is 0 Å². The van der Waals surface area contributed by atoms with Gasteiger partial charge in [-0.25, -0.2) is 0 Å². The van der Waals surface area contributed by atoms with E-state index in [1.54, 1.807) is 0 Å². The van der Waals surface area contributed by atoms with Gasteiger partial charge in [-0.1, -0.05) is 0 Å². The van der Waals surface area contributed by atoms with Gasteiger partial charge in [-0.05, 0) is 32.8 Å². The lowest BCUT2D eigenvalue weighted by Crippen LogP contribution is -2.00. The lowest BCUT2D eigenvalue weighted by atomic mass is 10.5. The second kappa shape index (κ2) is 7.38. The van der Waals surface area contributed by atoms with E-state index in [1.165, 1.54) is 17.8 Å². The second-order valence-corrected chi connectivity index (χ2v) is 3.03. The predicted octanol–water partition coefficient (Wildman–Crippen LogP) is 2.10. The molecule has 0 aromatic heterocycles. The fourth-order valence-corrected chi connectivity index (χ4v) is 0.583. The van der Waals surface area contributed by atoms with Gasteiger partial charge in [-0.2, -0.15) is 0 Å². The molecular formula is C7H16O2S. The Bertz CT molecular complexity index is 58.6. The molecule has 2 nitrogen and oxygen atoms in total. The number of hydrogen-bond acceptors (Lipinski definition) is 3. The maximum absolute atomic E-state index is 5.04. The Hall–Kier alpha value is 0.270. The third-order valence-corrected chi connectivity index (χ3v) is 1.50. The number of ether oxygens (including phenoxy) is 1. The summed E-state index contributed by atoms with van der Waals surface area (Å²) in [6.45, 7) is 7.86. The van der Waals surface area contributed by atoms with Crippen molar-refractivity contribution in [2.75, 3.05) is 19.0 Å². The Balaban J connectivity index is 0.000000172. The largest absolute Gasteiger partial charge is 0.379 e. The number of hydrogen-bond donors (Lipinski definition) is 0. The molecule has 0 amide bonds. The summed E-state index contributed by atoms with van der Waals surface area (Å²) in [4.78, 5) is 0. The van der Waals surface area contributed by atoms with E-state index in [-0.39, 0.29) is 0 Å². The van der Waals surface area contributed by atoms with Gasteiger partial charge in [-0.15, -0.1) is 0 Å². The summed E-state index contributed by atoms with van der Waals surface area (Å²) in [7, 11) is 0. The first kappa shape index (κ1) is 10.3. The lowest BCUT2D eigenvalue weighted by Gasteiger charge is -2.06. The van der Waals surface area contributed by atoms with Crippen LogP contribution in [0.1, 0.15) is 20.8 Å². The molecule has 0 radical (unpaired) electrons. The summed E-state index contributed by atoms with van der Waals surface area (Å²) in [5.41, 5.74) is 0. The smallest absolute Gasteiger partial charge is 0.0726 e. The van der Waals surface area contributed by atoms with E-state index in [0.717, 1.165) is 13.2 Å². The molecule has 0 N–H and O–H groups in total. The van der Waals surface area contributed by atoms with E-state index in [2.05, 4.69) is 4.18 Å². The summed E-state index contributed by atoms with van der Waals surface area (Å²) in [6.07, 6.45) is 0.398. The molecule has 0 aromatic rings. The molecule has 1 heterocycles. The minimum atomic E-state index is 0.398. The third-order valence-electron chi connectivity index (χ3n) is 0.833. The van der Waals surface area contributed by atoms with Crippen LogP contribution in [0.2, 0.25) is 0 Å². The van der Waals surface area contributed by atoms with E-state index in [9.17, 15) is 0 Å². The van der Waals surface area contributed by atoms with Crippen molar-refractivity contribution in [3.63, 3.8) is 0 Å². The monoisotopic (exact) mass is 164 g/mol. The van der Waals surface area contributed by atoms with E-state index in [4.69, 9.17) is 4.74 Å². The second-order valence-electron chi connectivity index (χ2n) is 2.15. The van der Waals surface area contributed by atoms with E-state index < -0.39 is 0 Å². The quantitative estimate of drug-likeness (QED) is 0.582. The molecule has 62 valence electrons. The average Bonchev–Trinajstić information content (AvgIpc) is 1.58. The summed E-state index contributed by atoms with van der Waals surface area (Å²) in [5.74, 6) is 1.19. The first-order valence-corrected chi connectivity index (χ1v) is 4.54. The van der Waals surface area contributed by atoms with Gasteiger partial charge >= 0.3 is 0 Å². The van der Waals surface area contributed by atoms with Crippen molar-refractivity contribution in [2.45, 2.75) is 26.9 Å². The summed E-state index contributed by atoms with van der Waals surface area (Å²) in [5, 5.41) is 0. The first-order valence-electron chi connectivity index (χ1n) is 3.63. The van der Waals surface area contributed by atoms with Crippen LogP contribution in [0.15, 0.2) is 0 Å². The molecule has 1 saturated heterocycles. The Morgan fingerprint density at radius 3 is 2.00 bits per heavy atom. The summed E-state index contributed by atoms with van der Waals surface area (Å²) in [6, 6.07) is 0. The predicted molar refractivity (Wildman–Crippen MR) is 45.2 cm³/mol. The Morgan fingerprint density at radius 1 is 1.60 bits per heavy atom. The van der Waals surface area contributed by atoms with Crippen molar-refractivity contribution < 1.29 is 8.92 Å². The molecule has 0 spiro atoms. The van der Waals surface area contributed by atoms with Gasteiger partial charge in [0.2, 0.25) is 0 Å². The van der Waals surface area contributed by atoms with Gasteiger partial charge in [0.25, 0.3) is 0 Å². The maximum atomic E-state index is 5.04. The molecule has 10 heavy (non-hydrogen) atoms. The zero-order chi connectivity index (χ0) is 7.82. The van der Waals surface area contributed by atoms with Crippen molar-refractivity contribution >= 4 is 12.0 Å². The van der Waals surface area contributed by atoms with Crippen LogP contribution in [0.5, 0.6) is 0 Å².